The molecular weight excluding hydrogens is 302 g/mol. The molecule has 0 saturated carbocycles. The summed E-state index contributed by atoms with van der Waals surface area (Å²) in [4.78, 5) is 0. The SMILES string of the molecule is I/C=C/C=C/I. The summed E-state index contributed by atoms with van der Waals surface area (Å²) in [6.07, 6.45) is 3.96. The quantitative estimate of drug-likeness (QED) is 0.516. The summed E-state index contributed by atoms with van der Waals surface area (Å²) in [5.41, 5.74) is 0. The van der Waals surface area contributed by atoms with Gasteiger partial charge in [0, 0.05) is 0 Å². The van der Waals surface area contributed by atoms with Gasteiger partial charge in [-0.25, -0.2) is 0 Å². The zero-order chi connectivity index (χ0) is 4.83. The molecule has 0 saturated heterocycles. The van der Waals surface area contributed by atoms with Gasteiger partial charge in [-0.3, -0.25) is 0 Å². The van der Waals surface area contributed by atoms with Crippen LogP contribution in [0.2, 0.25) is 0 Å². The van der Waals surface area contributed by atoms with Crippen molar-refractivity contribution in [2.75, 3.05) is 0 Å². The first kappa shape index (κ1) is 6.94. The van der Waals surface area contributed by atoms with Gasteiger partial charge in [0.1, 0.15) is 0 Å². The highest BCUT2D eigenvalue weighted by Gasteiger charge is 1.51. The Morgan fingerprint density at radius 1 is 0.833 bits per heavy atom. The number of rotatable bonds is 1. The average Bonchev–Trinajstić information content (AvgIpc) is 1.61. The summed E-state index contributed by atoms with van der Waals surface area (Å²) < 4.78 is 3.93. The van der Waals surface area contributed by atoms with Crippen molar-refractivity contribution in [2.45, 2.75) is 0 Å². The molecule has 0 rings (SSSR count). The van der Waals surface area contributed by atoms with E-state index < -0.39 is 0 Å². The summed E-state index contributed by atoms with van der Waals surface area (Å²) >= 11 is 4.35. The number of hydrogen-bond acceptors (Lipinski definition) is 0. The Bertz CT molecular complexity index is 53.9. The lowest BCUT2D eigenvalue weighted by Crippen LogP contribution is -1.33. The van der Waals surface area contributed by atoms with Crippen molar-refractivity contribution in [3.63, 3.8) is 0 Å². The third-order valence-corrected chi connectivity index (χ3v) is 1.09. The van der Waals surface area contributed by atoms with Gasteiger partial charge >= 0.3 is 0 Å². The second-order valence-electron chi connectivity index (χ2n) is 0.637. The fourth-order valence-corrected chi connectivity index (χ4v) is 0.563. The highest BCUT2D eigenvalue weighted by atomic mass is 127. The van der Waals surface area contributed by atoms with Gasteiger partial charge in [0.2, 0.25) is 0 Å². The predicted molar refractivity (Wildman–Crippen MR) is 46.3 cm³/mol. The van der Waals surface area contributed by atoms with Crippen LogP contribution in [0.5, 0.6) is 0 Å². The molecule has 0 N–H and O–H groups in total. The maximum Gasteiger partial charge on any atom is -0.0234 e. The Hall–Kier alpha value is 0.940. The van der Waals surface area contributed by atoms with Crippen molar-refractivity contribution in [3.8, 4) is 0 Å². The van der Waals surface area contributed by atoms with Crippen LogP contribution in [0.1, 0.15) is 0 Å². The molecule has 0 aromatic heterocycles. The lowest BCUT2D eigenvalue weighted by molar-refractivity contribution is 2.13. The molecule has 0 unspecified atom stereocenters. The molecule has 34 valence electrons. The standard InChI is InChI=1S/C4H4I2/c5-3-1-2-4-6/h1-4H/b3-1+,4-2+. The Balaban J connectivity index is 3.07. The fourth-order valence-electron chi connectivity index (χ4n) is 0.0840. The second-order valence-corrected chi connectivity index (χ2v) is 2.08. The molecule has 0 spiro atoms. The van der Waals surface area contributed by atoms with Crippen LogP contribution in [0.4, 0.5) is 0 Å². The van der Waals surface area contributed by atoms with E-state index in [0.717, 1.165) is 0 Å². The van der Waals surface area contributed by atoms with Crippen LogP contribution in [0.25, 0.3) is 0 Å². The van der Waals surface area contributed by atoms with Crippen LogP contribution in [-0.2, 0) is 0 Å². The van der Waals surface area contributed by atoms with Crippen LogP contribution >= 0.6 is 45.2 Å². The van der Waals surface area contributed by atoms with Crippen molar-refractivity contribution in [1.29, 1.82) is 0 Å². The van der Waals surface area contributed by atoms with E-state index in [4.69, 9.17) is 0 Å². The van der Waals surface area contributed by atoms with Gasteiger partial charge < -0.3 is 0 Å². The maximum atomic E-state index is 2.18. The lowest BCUT2D eigenvalue weighted by atomic mass is 10.6. The molecule has 0 bridgehead atoms. The summed E-state index contributed by atoms with van der Waals surface area (Å²) in [5.74, 6) is 0. The van der Waals surface area contributed by atoms with E-state index in [1.165, 1.54) is 0 Å². The second kappa shape index (κ2) is 5.94. The highest BCUT2D eigenvalue weighted by Crippen LogP contribution is 1.87. The topological polar surface area (TPSA) is 0 Å². The number of hydrogen-bond donors (Lipinski definition) is 0. The molecule has 0 aliphatic heterocycles. The monoisotopic (exact) mass is 306 g/mol. The van der Waals surface area contributed by atoms with Crippen molar-refractivity contribution < 1.29 is 0 Å². The Kier molecular flexibility index (Phi) is 6.87. The van der Waals surface area contributed by atoms with E-state index in [9.17, 15) is 0 Å². The zero-order valence-electron chi connectivity index (χ0n) is 3.07. The molecule has 0 radical (unpaired) electrons. The molecule has 0 amide bonds. The van der Waals surface area contributed by atoms with E-state index in [-0.39, 0.29) is 0 Å². The van der Waals surface area contributed by atoms with Gasteiger partial charge in [-0.1, -0.05) is 57.3 Å². The molecule has 2 heteroatoms. The maximum absolute atomic E-state index is 2.18. The summed E-state index contributed by atoms with van der Waals surface area (Å²) in [6.45, 7) is 0. The summed E-state index contributed by atoms with van der Waals surface area (Å²) in [5, 5.41) is 0. The van der Waals surface area contributed by atoms with Crippen LogP contribution in [0, 0.1) is 0 Å². The van der Waals surface area contributed by atoms with Gasteiger partial charge in [0.05, 0.1) is 0 Å². The first-order chi connectivity index (χ1) is 2.91. The van der Waals surface area contributed by atoms with Gasteiger partial charge in [-0.15, -0.1) is 0 Å². The zero-order valence-corrected chi connectivity index (χ0v) is 7.38. The average molecular weight is 306 g/mol. The first-order valence-corrected chi connectivity index (χ1v) is 3.93. The molecule has 6 heavy (non-hydrogen) atoms. The third kappa shape index (κ3) is 4.94. The molecular formula is C4H4I2. The van der Waals surface area contributed by atoms with Crippen molar-refractivity contribution in [2.24, 2.45) is 0 Å². The molecule has 0 atom stereocenters. The van der Waals surface area contributed by atoms with E-state index in [1.807, 2.05) is 20.3 Å². The van der Waals surface area contributed by atoms with Gasteiger partial charge in [-0.05, 0) is 8.17 Å². The fraction of sp³-hybridized carbons (Fsp3) is 0. The predicted octanol–water partition coefficient (Wildman–Crippen LogP) is 2.88. The molecule has 0 aromatic rings. The number of allylic oxidation sites excluding steroid dienone is 2. The van der Waals surface area contributed by atoms with E-state index in [2.05, 4.69) is 45.2 Å². The minimum Gasteiger partial charge on any atom is -0.0557 e. The minimum atomic E-state index is 1.97. The lowest BCUT2D eigenvalue weighted by Gasteiger charge is -1.60. The van der Waals surface area contributed by atoms with Crippen LogP contribution in [0.15, 0.2) is 20.3 Å². The van der Waals surface area contributed by atoms with Gasteiger partial charge in [0.25, 0.3) is 0 Å². The Morgan fingerprint density at radius 3 is 1.33 bits per heavy atom. The van der Waals surface area contributed by atoms with Gasteiger partial charge in [0.15, 0.2) is 0 Å². The van der Waals surface area contributed by atoms with Crippen molar-refractivity contribution >= 4 is 45.2 Å². The van der Waals surface area contributed by atoms with Gasteiger partial charge in [-0.2, -0.15) is 0 Å². The van der Waals surface area contributed by atoms with Crippen LogP contribution in [0.3, 0.4) is 0 Å². The third-order valence-electron chi connectivity index (χ3n) is 0.257. The smallest absolute Gasteiger partial charge is 0.0234 e. The summed E-state index contributed by atoms with van der Waals surface area (Å²) in [6, 6.07) is 0. The highest BCUT2D eigenvalue weighted by molar-refractivity contribution is 14.1. The largest absolute Gasteiger partial charge is 0.0557 e. The summed E-state index contributed by atoms with van der Waals surface area (Å²) in [7, 11) is 0. The molecule has 0 aliphatic carbocycles. The van der Waals surface area contributed by atoms with Crippen molar-refractivity contribution in [1.82, 2.24) is 0 Å². The van der Waals surface area contributed by atoms with Crippen LogP contribution < -0.4 is 0 Å². The van der Waals surface area contributed by atoms with E-state index in [0.29, 0.717) is 0 Å². The molecule has 0 aromatic carbocycles. The Morgan fingerprint density at radius 2 is 1.17 bits per heavy atom. The molecule has 0 aliphatic rings. The van der Waals surface area contributed by atoms with E-state index >= 15 is 0 Å². The molecule has 0 nitrogen and oxygen atoms in total. The normalized spacial score (nSPS) is 11.7. The Labute approximate surface area is 65.0 Å². The molecule has 0 fully saturated rings. The first-order valence-electron chi connectivity index (χ1n) is 1.44. The van der Waals surface area contributed by atoms with Crippen molar-refractivity contribution in [3.05, 3.63) is 20.3 Å². The van der Waals surface area contributed by atoms with E-state index in [1.54, 1.807) is 0 Å². The molecule has 0 heterocycles. The number of halogens is 2. The van der Waals surface area contributed by atoms with Crippen LogP contribution in [-0.4, -0.2) is 0 Å². The minimum absolute atomic E-state index is 1.97.